The van der Waals surface area contributed by atoms with Crippen LogP contribution in [0.2, 0.25) is 0 Å². The Morgan fingerprint density at radius 3 is 2.89 bits per heavy atom. The van der Waals surface area contributed by atoms with Gasteiger partial charge in [-0.2, -0.15) is 0 Å². The molecule has 106 valence electrons. The van der Waals surface area contributed by atoms with Gasteiger partial charge in [0.05, 0.1) is 18.8 Å². The lowest BCUT2D eigenvalue weighted by atomic mass is 9.89. The van der Waals surface area contributed by atoms with Gasteiger partial charge in [0, 0.05) is 17.0 Å². The molecule has 1 saturated heterocycles. The van der Waals surface area contributed by atoms with E-state index in [1.807, 2.05) is 25.1 Å². The van der Waals surface area contributed by atoms with Crippen LogP contribution < -0.4 is 4.74 Å². The summed E-state index contributed by atoms with van der Waals surface area (Å²) in [7, 11) is 0. The number of aliphatic hydroxyl groups excluding tert-OH is 1. The number of halogens is 1. The van der Waals surface area contributed by atoms with Gasteiger partial charge in [0.25, 0.3) is 0 Å². The number of benzene rings is 1. The maximum Gasteiger partial charge on any atom is 0.120 e. The third-order valence-corrected chi connectivity index (χ3v) is 4.36. The normalized spacial score (nSPS) is 24.4. The Morgan fingerprint density at radius 1 is 1.47 bits per heavy atom. The lowest BCUT2D eigenvalue weighted by molar-refractivity contribution is 0.0304. The first-order chi connectivity index (χ1) is 9.17. The molecule has 0 radical (unpaired) electrons. The number of rotatable bonds is 5. The van der Waals surface area contributed by atoms with Crippen molar-refractivity contribution in [2.75, 3.05) is 13.2 Å². The summed E-state index contributed by atoms with van der Waals surface area (Å²) in [6.45, 7) is 5.44. The van der Waals surface area contributed by atoms with Gasteiger partial charge in [0.2, 0.25) is 0 Å². The Morgan fingerprint density at radius 2 is 2.26 bits per heavy atom. The molecule has 0 bridgehead atoms. The number of ether oxygens (including phenoxy) is 2. The second kappa shape index (κ2) is 6.73. The summed E-state index contributed by atoms with van der Waals surface area (Å²) in [5.74, 6) is 0.999. The minimum atomic E-state index is -0.488. The van der Waals surface area contributed by atoms with Crippen LogP contribution in [0.25, 0.3) is 0 Å². The van der Waals surface area contributed by atoms with E-state index in [0.717, 1.165) is 35.2 Å². The van der Waals surface area contributed by atoms with Crippen molar-refractivity contribution in [3.63, 3.8) is 0 Å². The Hall–Kier alpha value is -0.580. The van der Waals surface area contributed by atoms with Crippen LogP contribution in [-0.4, -0.2) is 24.4 Å². The molecule has 1 aromatic carbocycles. The van der Waals surface area contributed by atoms with Crippen LogP contribution in [0, 0.1) is 5.92 Å². The fraction of sp³-hybridized carbons (Fsp3) is 0.600. The van der Waals surface area contributed by atoms with Crippen molar-refractivity contribution >= 4 is 15.9 Å². The maximum atomic E-state index is 10.6. The minimum absolute atomic E-state index is 0.161. The van der Waals surface area contributed by atoms with E-state index in [9.17, 15) is 5.11 Å². The van der Waals surface area contributed by atoms with Gasteiger partial charge in [-0.3, -0.25) is 0 Å². The first kappa shape index (κ1) is 14.8. The zero-order chi connectivity index (χ0) is 13.8. The van der Waals surface area contributed by atoms with E-state index in [2.05, 4.69) is 22.9 Å². The van der Waals surface area contributed by atoms with Crippen LogP contribution in [0.15, 0.2) is 22.7 Å². The largest absolute Gasteiger partial charge is 0.494 e. The smallest absolute Gasteiger partial charge is 0.120 e. The molecule has 0 aliphatic carbocycles. The highest BCUT2D eigenvalue weighted by Gasteiger charge is 2.34. The minimum Gasteiger partial charge on any atom is -0.494 e. The quantitative estimate of drug-likeness (QED) is 0.895. The number of hydrogen-bond donors (Lipinski definition) is 1. The van der Waals surface area contributed by atoms with E-state index in [0.29, 0.717) is 6.61 Å². The fourth-order valence-corrected chi connectivity index (χ4v) is 3.27. The molecule has 3 atom stereocenters. The van der Waals surface area contributed by atoms with E-state index in [-0.39, 0.29) is 12.0 Å². The van der Waals surface area contributed by atoms with Crippen molar-refractivity contribution in [3.05, 3.63) is 28.2 Å². The van der Waals surface area contributed by atoms with Crippen molar-refractivity contribution in [2.45, 2.75) is 38.9 Å². The Kier molecular flexibility index (Phi) is 5.25. The maximum absolute atomic E-state index is 10.6. The summed E-state index contributed by atoms with van der Waals surface area (Å²) in [5.41, 5.74) is 0.914. The van der Waals surface area contributed by atoms with Gasteiger partial charge in [0.15, 0.2) is 0 Å². The van der Waals surface area contributed by atoms with Gasteiger partial charge < -0.3 is 14.6 Å². The Bertz CT molecular complexity index is 422. The first-order valence-corrected chi connectivity index (χ1v) is 7.68. The molecule has 1 heterocycles. The van der Waals surface area contributed by atoms with Gasteiger partial charge in [-0.1, -0.05) is 28.9 Å². The molecule has 19 heavy (non-hydrogen) atoms. The summed E-state index contributed by atoms with van der Waals surface area (Å²) < 4.78 is 12.0. The monoisotopic (exact) mass is 328 g/mol. The zero-order valence-corrected chi connectivity index (χ0v) is 13.0. The van der Waals surface area contributed by atoms with Crippen LogP contribution in [0.4, 0.5) is 0 Å². The highest BCUT2D eigenvalue weighted by Crippen LogP contribution is 2.38. The van der Waals surface area contributed by atoms with Crippen LogP contribution >= 0.6 is 15.9 Å². The van der Waals surface area contributed by atoms with E-state index < -0.39 is 6.10 Å². The van der Waals surface area contributed by atoms with Crippen molar-refractivity contribution in [2.24, 2.45) is 5.92 Å². The lowest BCUT2D eigenvalue weighted by Gasteiger charge is -2.24. The molecular formula is C15H21BrO3. The summed E-state index contributed by atoms with van der Waals surface area (Å²) in [5, 5.41) is 10.6. The SMILES string of the molecule is CCOc1ccc(C(O)C2CCOC2CC)c(Br)c1. The molecule has 1 aliphatic rings. The van der Waals surface area contributed by atoms with E-state index >= 15 is 0 Å². The first-order valence-electron chi connectivity index (χ1n) is 6.89. The van der Waals surface area contributed by atoms with E-state index in [4.69, 9.17) is 9.47 Å². The van der Waals surface area contributed by atoms with Gasteiger partial charge in [-0.25, -0.2) is 0 Å². The average molecular weight is 329 g/mol. The molecule has 0 saturated carbocycles. The third kappa shape index (κ3) is 3.30. The number of hydrogen-bond acceptors (Lipinski definition) is 3. The summed E-state index contributed by atoms with van der Waals surface area (Å²) in [6, 6.07) is 5.76. The van der Waals surface area contributed by atoms with Crippen LogP contribution in [0.5, 0.6) is 5.75 Å². The summed E-state index contributed by atoms with van der Waals surface area (Å²) in [4.78, 5) is 0. The molecule has 2 rings (SSSR count). The predicted octanol–water partition coefficient (Wildman–Crippen LogP) is 3.70. The van der Waals surface area contributed by atoms with Crippen molar-refractivity contribution in [1.82, 2.24) is 0 Å². The molecule has 4 heteroatoms. The highest BCUT2D eigenvalue weighted by atomic mass is 79.9. The van der Waals surface area contributed by atoms with E-state index in [1.165, 1.54) is 0 Å². The molecule has 1 N–H and O–H groups in total. The zero-order valence-electron chi connectivity index (χ0n) is 11.4. The lowest BCUT2D eigenvalue weighted by Crippen LogP contribution is -2.22. The van der Waals surface area contributed by atoms with Gasteiger partial charge in [-0.15, -0.1) is 0 Å². The summed E-state index contributed by atoms with van der Waals surface area (Å²) in [6.07, 6.45) is 1.53. The Balaban J connectivity index is 2.16. The molecule has 0 amide bonds. The van der Waals surface area contributed by atoms with Crippen LogP contribution in [-0.2, 0) is 4.74 Å². The predicted molar refractivity (Wildman–Crippen MR) is 78.4 cm³/mol. The van der Waals surface area contributed by atoms with Crippen LogP contribution in [0.1, 0.15) is 38.4 Å². The second-order valence-electron chi connectivity index (χ2n) is 4.83. The molecule has 1 aliphatic heterocycles. The second-order valence-corrected chi connectivity index (χ2v) is 5.69. The van der Waals surface area contributed by atoms with Crippen molar-refractivity contribution < 1.29 is 14.6 Å². The van der Waals surface area contributed by atoms with Gasteiger partial charge in [-0.05, 0) is 37.5 Å². The van der Waals surface area contributed by atoms with Crippen molar-refractivity contribution in [1.29, 1.82) is 0 Å². The molecule has 0 spiro atoms. The van der Waals surface area contributed by atoms with Crippen molar-refractivity contribution in [3.8, 4) is 5.75 Å². The Labute approximate surface area is 123 Å². The topological polar surface area (TPSA) is 38.7 Å². The molecule has 1 aromatic rings. The highest BCUT2D eigenvalue weighted by molar-refractivity contribution is 9.10. The van der Waals surface area contributed by atoms with Gasteiger partial charge >= 0.3 is 0 Å². The molecular weight excluding hydrogens is 308 g/mol. The summed E-state index contributed by atoms with van der Waals surface area (Å²) >= 11 is 3.53. The fourth-order valence-electron chi connectivity index (χ4n) is 2.68. The molecule has 0 aromatic heterocycles. The molecule has 1 fully saturated rings. The van der Waals surface area contributed by atoms with E-state index in [1.54, 1.807) is 0 Å². The molecule has 3 nitrogen and oxygen atoms in total. The standard InChI is InChI=1S/C15H21BrO3/c1-3-14-12(7-8-19-14)15(17)11-6-5-10(18-4-2)9-13(11)16/h5-6,9,12,14-15,17H,3-4,7-8H2,1-2H3. The molecule has 3 unspecified atom stereocenters. The van der Waals surface area contributed by atoms with Crippen LogP contribution in [0.3, 0.4) is 0 Å². The number of aliphatic hydroxyl groups is 1. The average Bonchev–Trinajstić information content (AvgIpc) is 2.87. The third-order valence-electron chi connectivity index (χ3n) is 3.67. The van der Waals surface area contributed by atoms with Gasteiger partial charge in [0.1, 0.15) is 5.75 Å².